The van der Waals surface area contributed by atoms with E-state index in [1.54, 1.807) is 18.7 Å². The Hall–Kier alpha value is -1.05. The summed E-state index contributed by atoms with van der Waals surface area (Å²) in [6.45, 7) is 7.96. The van der Waals surface area contributed by atoms with E-state index >= 15 is 0 Å². The fourth-order valence-electron chi connectivity index (χ4n) is 5.31. The molecule has 0 aromatic heterocycles. The van der Waals surface area contributed by atoms with Crippen LogP contribution in [0.5, 0.6) is 0 Å². The molecule has 3 fully saturated rings. The van der Waals surface area contributed by atoms with Crippen LogP contribution >= 0.6 is 11.8 Å². The Morgan fingerprint density at radius 1 is 1.19 bits per heavy atom. The van der Waals surface area contributed by atoms with Crippen molar-refractivity contribution >= 4 is 23.6 Å². The van der Waals surface area contributed by atoms with E-state index in [4.69, 9.17) is 0 Å². The molecule has 0 radical (unpaired) electrons. The minimum Gasteiger partial charge on any atom is -0.477 e. The van der Waals surface area contributed by atoms with E-state index < -0.39 is 18.0 Å². The van der Waals surface area contributed by atoms with Crippen molar-refractivity contribution < 1.29 is 19.8 Å². The van der Waals surface area contributed by atoms with Crippen molar-refractivity contribution in [3.8, 4) is 0 Å². The fourth-order valence-corrected chi connectivity index (χ4v) is 6.85. The molecular weight excluding hydrogens is 364 g/mol. The maximum absolute atomic E-state index is 12.4. The number of carboxylic acids is 1. The molecule has 4 atom stereocenters. The molecule has 0 bridgehead atoms. The van der Waals surface area contributed by atoms with Gasteiger partial charge >= 0.3 is 5.97 Å². The van der Waals surface area contributed by atoms with E-state index in [1.807, 2.05) is 6.92 Å². The number of carbonyl (C=O) groups excluding carboxylic acids is 1. The van der Waals surface area contributed by atoms with Crippen LogP contribution in [0.3, 0.4) is 0 Å². The molecule has 1 amide bonds. The minimum absolute atomic E-state index is 0.0250. The number of amides is 1. The van der Waals surface area contributed by atoms with Gasteiger partial charge in [0, 0.05) is 35.2 Å². The van der Waals surface area contributed by atoms with Gasteiger partial charge in [0.25, 0.3) is 0 Å². The number of aliphatic carboxylic acids is 1. The molecule has 4 aliphatic rings. The number of aliphatic hydroxyl groups excluding tert-OH is 1. The third kappa shape index (κ3) is 3.12. The smallest absolute Gasteiger partial charge is 0.353 e. The van der Waals surface area contributed by atoms with E-state index in [9.17, 15) is 19.8 Å². The summed E-state index contributed by atoms with van der Waals surface area (Å²) in [5.74, 6) is -0.931. The molecule has 0 unspecified atom stereocenters. The highest BCUT2D eigenvalue weighted by molar-refractivity contribution is 8.03. The molecule has 7 heteroatoms. The van der Waals surface area contributed by atoms with E-state index in [-0.39, 0.29) is 23.6 Å². The Morgan fingerprint density at radius 2 is 1.81 bits per heavy atom. The second kappa shape index (κ2) is 7.08. The van der Waals surface area contributed by atoms with Gasteiger partial charge in [0.1, 0.15) is 5.70 Å². The maximum atomic E-state index is 12.4. The van der Waals surface area contributed by atoms with Crippen LogP contribution in [0.15, 0.2) is 10.6 Å². The van der Waals surface area contributed by atoms with Crippen LogP contribution in [0.2, 0.25) is 0 Å². The number of fused-ring (bicyclic) bond motifs is 1. The lowest BCUT2D eigenvalue weighted by Crippen LogP contribution is -2.63. The van der Waals surface area contributed by atoms with E-state index in [1.165, 1.54) is 30.6 Å². The van der Waals surface area contributed by atoms with Gasteiger partial charge in [-0.15, -0.1) is 11.8 Å². The lowest BCUT2D eigenvalue weighted by atomic mass is 9.79. The van der Waals surface area contributed by atoms with Crippen LogP contribution in [0.4, 0.5) is 0 Å². The average Bonchev–Trinajstić information content (AvgIpc) is 2.80. The van der Waals surface area contributed by atoms with Crippen molar-refractivity contribution in [2.24, 2.45) is 17.8 Å². The normalized spacial score (nSPS) is 38.4. The lowest BCUT2D eigenvalue weighted by Gasteiger charge is -2.47. The van der Waals surface area contributed by atoms with Gasteiger partial charge in [-0.1, -0.05) is 13.8 Å². The molecule has 3 heterocycles. The quantitative estimate of drug-likeness (QED) is 0.696. The predicted octanol–water partition coefficient (Wildman–Crippen LogP) is 2.14. The summed E-state index contributed by atoms with van der Waals surface area (Å²) in [4.78, 5) is 29.0. The number of thioether (sulfide) groups is 1. The number of hydrogen-bond acceptors (Lipinski definition) is 5. The molecule has 1 saturated carbocycles. The topological polar surface area (TPSA) is 81.1 Å². The lowest BCUT2D eigenvalue weighted by molar-refractivity contribution is -0.163. The maximum Gasteiger partial charge on any atom is 0.353 e. The Kier molecular flexibility index (Phi) is 5.06. The monoisotopic (exact) mass is 394 g/mol. The minimum atomic E-state index is -1.03. The standard InChI is InChI=1S/C20H30N2O4S/c1-10-4-6-13(7-5-10)21-8-14(9-21)27-18-11(2)16-15(12(3)23)19(24)22(16)17(18)20(25)26/h10-16,23H,4-9H2,1-3H3,(H,25,26)/t10?,11-,12-,13?,15-,16-/m1/s1. The van der Waals surface area contributed by atoms with Gasteiger partial charge in [0.05, 0.1) is 18.1 Å². The Balaban J connectivity index is 1.42. The zero-order valence-electron chi connectivity index (χ0n) is 16.3. The Morgan fingerprint density at radius 3 is 2.37 bits per heavy atom. The molecule has 0 spiro atoms. The first-order valence-electron chi connectivity index (χ1n) is 10.2. The molecule has 1 aliphatic carbocycles. The van der Waals surface area contributed by atoms with Crippen molar-refractivity contribution in [1.82, 2.24) is 9.80 Å². The molecular formula is C20H30N2O4S. The average molecular weight is 395 g/mol. The van der Waals surface area contributed by atoms with Gasteiger partial charge in [-0.2, -0.15) is 0 Å². The van der Waals surface area contributed by atoms with Crippen molar-refractivity contribution in [2.75, 3.05) is 13.1 Å². The van der Waals surface area contributed by atoms with E-state index in [0.29, 0.717) is 11.3 Å². The molecule has 0 aromatic rings. The van der Waals surface area contributed by atoms with Crippen LogP contribution in [0.1, 0.15) is 46.5 Å². The zero-order chi connectivity index (χ0) is 19.5. The number of β-lactam (4-membered cyclic amide) rings is 1. The number of rotatable bonds is 5. The van der Waals surface area contributed by atoms with Crippen molar-refractivity contribution in [3.05, 3.63) is 10.6 Å². The van der Waals surface area contributed by atoms with Gasteiger partial charge in [0.15, 0.2) is 0 Å². The first-order valence-corrected chi connectivity index (χ1v) is 11.1. The third-order valence-corrected chi connectivity index (χ3v) is 8.43. The van der Waals surface area contributed by atoms with Gasteiger partial charge in [-0.25, -0.2) is 4.79 Å². The van der Waals surface area contributed by atoms with Crippen molar-refractivity contribution in [2.45, 2.75) is 69.9 Å². The third-order valence-electron chi connectivity index (χ3n) is 6.98. The summed E-state index contributed by atoms with van der Waals surface area (Å²) in [6.07, 6.45) is 4.43. The number of carboxylic acid groups (broad SMARTS) is 1. The van der Waals surface area contributed by atoms with Crippen LogP contribution in [0, 0.1) is 17.8 Å². The summed E-state index contributed by atoms with van der Waals surface area (Å²) >= 11 is 1.65. The van der Waals surface area contributed by atoms with Gasteiger partial charge in [-0.3, -0.25) is 9.69 Å². The molecule has 0 aromatic carbocycles. The SMILES string of the molecule is CC1CCC(N2CC(SC3=C(C(=O)O)N4C(=O)[C@H]([C@@H](C)O)[C@H]4[C@H]3C)C2)CC1. The molecule has 2 saturated heterocycles. The molecule has 2 N–H and O–H groups in total. The van der Waals surface area contributed by atoms with Gasteiger partial charge in [-0.05, 0) is 38.5 Å². The number of hydrogen-bond donors (Lipinski definition) is 2. The second-order valence-corrected chi connectivity index (χ2v) is 10.2. The number of nitrogens with zero attached hydrogens (tertiary/aromatic N) is 2. The van der Waals surface area contributed by atoms with Crippen LogP contribution in [0.25, 0.3) is 0 Å². The highest BCUT2D eigenvalue weighted by Gasteiger charge is 2.60. The van der Waals surface area contributed by atoms with Crippen LogP contribution in [-0.2, 0) is 9.59 Å². The van der Waals surface area contributed by atoms with E-state index in [0.717, 1.165) is 23.9 Å². The highest BCUT2D eigenvalue weighted by atomic mass is 32.2. The molecule has 27 heavy (non-hydrogen) atoms. The second-order valence-electron chi connectivity index (χ2n) is 8.88. The van der Waals surface area contributed by atoms with Gasteiger partial charge < -0.3 is 15.1 Å². The molecule has 150 valence electrons. The Labute approximate surface area is 165 Å². The number of carbonyl (C=O) groups is 2. The first kappa shape index (κ1) is 19.3. The van der Waals surface area contributed by atoms with Crippen LogP contribution in [-0.4, -0.2) is 68.4 Å². The van der Waals surface area contributed by atoms with Crippen molar-refractivity contribution in [3.63, 3.8) is 0 Å². The largest absolute Gasteiger partial charge is 0.477 e. The summed E-state index contributed by atoms with van der Waals surface area (Å²) < 4.78 is 0. The number of likely N-dealkylation sites (tertiary alicyclic amines) is 1. The number of aliphatic hydroxyl groups is 1. The molecule has 3 aliphatic heterocycles. The molecule has 6 nitrogen and oxygen atoms in total. The highest BCUT2D eigenvalue weighted by Crippen LogP contribution is 2.52. The summed E-state index contributed by atoms with van der Waals surface area (Å²) in [7, 11) is 0. The molecule has 4 rings (SSSR count). The predicted molar refractivity (Wildman–Crippen MR) is 104 cm³/mol. The summed E-state index contributed by atoms with van der Waals surface area (Å²) in [6, 6.07) is 0.482. The Bertz CT molecular complexity index is 665. The fraction of sp³-hybridized carbons (Fsp3) is 0.800. The van der Waals surface area contributed by atoms with Crippen LogP contribution < -0.4 is 0 Å². The van der Waals surface area contributed by atoms with E-state index in [2.05, 4.69) is 11.8 Å². The summed E-state index contributed by atoms with van der Waals surface area (Å²) in [5, 5.41) is 20.0. The first-order chi connectivity index (χ1) is 12.8. The summed E-state index contributed by atoms with van der Waals surface area (Å²) in [5.41, 5.74) is 0.157. The van der Waals surface area contributed by atoms with Crippen molar-refractivity contribution in [1.29, 1.82) is 0 Å². The zero-order valence-corrected chi connectivity index (χ0v) is 17.1. The van der Waals surface area contributed by atoms with Gasteiger partial charge in [0.2, 0.25) is 5.91 Å².